The van der Waals surface area contributed by atoms with E-state index >= 15 is 0 Å². The van der Waals surface area contributed by atoms with Crippen molar-refractivity contribution in [2.45, 2.75) is 32.4 Å². The van der Waals surface area contributed by atoms with E-state index in [0.717, 1.165) is 44.2 Å². The molecule has 0 aromatic carbocycles. The van der Waals surface area contributed by atoms with Crippen molar-refractivity contribution in [2.24, 2.45) is 4.99 Å². The number of pyridine rings is 1. The molecule has 1 aliphatic rings. The van der Waals surface area contributed by atoms with Crippen molar-refractivity contribution in [1.29, 1.82) is 0 Å². The van der Waals surface area contributed by atoms with Gasteiger partial charge < -0.3 is 15.4 Å². The molecule has 1 aromatic rings. The highest BCUT2D eigenvalue weighted by atomic mass is 127. The summed E-state index contributed by atoms with van der Waals surface area (Å²) >= 11 is 0. The Kier molecular flexibility index (Phi) is 8.52. The third-order valence-electron chi connectivity index (χ3n) is 2.99. The highest BCUT2D eigenvalue weighted by Crippen LogP contribution is 2.10. The van der Waals surface area contributed by atoms with Gasteiger partial charge in [-0.2, -0.15) is 0 Å². The quantitative estimate of drug-likeness (QED) is 0.459. The number of guanidine groups is 1. The molecule has 0 radical (unpaired) electrons. The molecule has 0 aliphatic carbocycles. The van der Waals surface area contributed by atoms with Crippen LogP contribution in [0.15, 0.2) is 29.4 Å². The number of ether oxygens (including phenoxy) is 1. The first-order valence-corrected chi connectivity index (χ1v) is 6.92. The van der Waals surface area contributed by atoms with Crippen LogP contribution in [0.2, 0.25) is 0 Å². The molecule has 0 spiro atoms. The molecule has 5 nitrogen and oxygen atoms in total. The van der Waals surface area contributed by atoms with Gasteiger partial charge in [0, 0.05) is 25.9 Å². The van der Waals surface area contributed by atoms with Crippen LogP contribution in [0.3, 0.4) is 0 Å². The van der Waals surface area contributed by atoms with Gasteiger partial charge in [-0.25, -0.2) is 4.99 Å². The van der Waals surface area contributed by atoms with Gasteiger partial charge >= 0.3 is 0 Å². The van der Waals surface area contributed by atoms with Crippen LogP contribution < -0.4 is 10.6 Å². The van der Waals surface area contributed by atoms with E-state index in [2.05, 4.69) is 27.5 Å². The van der Waals surface area contributed by atoms with Crippen LogP contribution in [0.4, 0.5) is 0 Å². The molecule has 2 rings (SSSR count). The lowest BCUT2D eigenvalue weighted by Gasteiger charge is -2.14. The Morgan fingerprint density at radius 2 is 2.35 bits per heavy atom. The normalized spacial score (nSPS) is 18.4. The fourth-order valence-electron chi connectivity index (χ4n) is 2.01. The predicted molar refractivity (Wildman–Crippen MR) is 91.4 cm³/mol. The van der Waals surface area contributed by atoms with Crippen molar-refractivity contribution < 1.29 is 4.74 Å². The van der Waals surface area contributed by atoms with Crippen molar-refractivity contribution in [3.8, 4) is 0 Å². The Morgan fingerprint density at radius 3 is 3.00 bits per heavy atom. The summed E-state index contributed by atoms with van der Waals surface area (Å²) < 4.78 is 5.59. The number of aromatic nitrogens is 1. The number of hydrogen-bond donors (Lipinski definition) is 2. The summed E-state index contributed by atoms with van der Waals surface area (Å²) in [5, 5.41) is 6.55. The Labute approximate surface area is 137 Å². The minimum absolute atomic E-state index is 0. The molecule has 2 N–H and O–H groups in total. The number of hydrogen-bond acceptors (Lipinski definition) is 3. The molecule has 1 saturated heterocycles. The van der Waals surface area contributed by atoms with E-state index in [1.54, 1.807) is 6.20 Å². The van der Waals surface area contributed by atoms with Crippen LogP contribution in [0.5, 0.6) is 0 Å². The number of rotatable bonds is 5. The maximum Gasteiger partial charge on any atom is 0.191 e. The number of aliphatic imine (C=N–C) groups is 1. The maximum atomic E-state index is 5.59. The maximum absolute atomic E-state index is 5.59. The van der Waals surface area contributed by atoms with E-state index in [1.165, 1.54) is 0 Å². The van der Waals surface area contributed by atoms with Gasteiger partial charge in [-0.3, -0.25) is 4.98 Å². The summed E-state index contributed by atoms with van der Waals surface area (Å²) in [5.41, 5.74) is 0.969. The van der Waals surface area contributed by atoms with Crippen molar-refractivity contribution >= 4 is 29.9 Å². The Balaban J connectivity index is 0.00000200. The van der Waals surface area contributed by atoms with Crippen molar-refractivity contribution in [3.63, 3.8) is 0 Å². The zero-order valence-corrected chi connectivity index (χ0v) is 14.2. The lowest BCUT2D eigenvalue weighted by atomic mass is 10.2. The fraction of sp³-hybridized carbons (Fsp3) is 0.571. The SMILES string of the molecule is CCNC(=NCc1ccccn1)NCC1CCCO1.I. The predicted octanol–water partition coefficient (Wildman–Crippen LogP) is 1.93. The molecule has 1 atom stereocenters. The molecule has 6 heteroatoms. The van der Waals surface area contributed by atoms with Gasteiger partial charge in [-0.05, 0) is 31.9 Å². The van der Waals surface area contributed by atoms with Crippen LogP contribution in [0.1, 0.15) is 25.5 Å². The highest BCUT2D eigenvalue weighted by molar-refractivity contribution is 14.0. The van der Waals surface area contributed by atoms with Gasteiger partial charge in [0.2, 0.25) is 0 Å². The van der Waals surface area contributed by atoms with Crippen LogP contribution >= 0.6 is 24.0 Å². The Hall–Kier alpha value is -0.890. The summed E-state index contributed by atoms with van der Waals surface area (Å²) in [5.74, 6) is 0.823. The molecule has 0 amide bonds. The van der Waals surface area contributed by atoms with Crippen LogP contribution in [0, 0.1) is 0 Å². The molecule has 20 heavy (non-hydrogen) atoms. The number of nitrogens with zero attached hydrogens (tertiary/aromatic N) is 2. The van der Waals surface area contributed by atoms with Crippen molar-refractivity contribution in [2.75, 3.05) is 19.7 Å². The lowest BCUT2D eigenvalue weighted by molar-refractivity contribution is 0.114. The van der Waals surface area contributed by atoms with Crippen molar-refractivity contribution in [1.82, 2.24) is 15.6 Å². The van der Waals surface area contributed by atoms with Gasteiger partial charge in [-0.1, -0.05) is 6.07 Å². The van der Waals surface area contributed by atoms with E-state index in [0.29, 0.717) is 12.6 Å². The van der Waals surface area contributed by atoms with E-state index in [4.69, 9.17) is 4.74 Å². The first-order valence-electron chi connectivity index (χ1n) is 6.92. The standard InChI is InChI=1S/C14H22N4O.HI/c1-2-15-14(18-11-13-7-5-9-19-13)17-10-12-6-3-4-8-16-12;/h3-4,6,8,13H,2,5,7,9-11H2,1H3,(H2,15,17,18);1H. The fourth-order valence-corrected chi connectivity index (χ4v) is 2.01. The molecule has 1 fully saturated rings. The Bertz CT molecular complexity index is 393. The molecule has 0 saturated carbocycles. The molecule has 1 aromatic heterocycles. The minimum atomic E-state index is 0. The second-order valence-electron chi connectivity index (χ2n) is 4.53. The third kappa shape index (κ3) is 6.04. The van der Waals surface area contributed by atoms with Gasteiger partial charge in [0.25, 0.3) is 0 Å². The van der Waals surface area contributed by atoms with Gasteiger partial charge in [0.1, 0.15) is 0 Å². The summed E-state index contributed by atoms with van der Waals surface area (Å²) in [6.45, 7) is 5.19. The Morgan fingerprint density at radius 1 is 1.45 bits per heavy atom. The average molecular weight is 390 g/mol. The van der Waals surface area contributed by atoms with E-state index in [9.17, 15) is 0 Å². The van der Waals surface area contributed by atoms with Crippen LogP contribution in [-0.2, 0) is 11.3 Å². The zero-order chi connectivity index (χ0) is 13.3. The van der Waals surface area contributed by atoms with Gasteiger partial charge in [-0.15, -0.1) is 24.0 Å². The number of nitrogens with one attached hydrogen (secondary N) is 2. The monoisotopic (exact) mass is 390 g/mol. The first-order chi connectivity index (χ1) is 9.38. The summed E-state index contributed by atoms with van der Waals surface area (Å²) in [6.07, 6.45) is 4.40. The van der Waals surface area contributed by atoms with Crippen LogP contribution in [-0.4, -0.2) is 36.7 Å². The molecular weight excluding hydrogens is 367 g/mol. The second-order valence-corrected chi connectivity index (χ2v) is 4.53. The van der Waals surface area contributed by atoms with Crippen molar-refractivity contribution in [3.05, 3.63) is 30.1 Å². The molecule has 1 unspecified atom stereocenters. The summed E-state index contributed by atoms with van der Waals surface area (Å²) in [7, 11) is 0. The van der Waals surface area contributed by atoms with Gasteiger partial charge in [0.05, 0.1) is 18.3 Å². The lowest BCUT2D eigenvalue weighted by Crippen LogP contribution is -2.41. The molecule has 112 valence electrons. The van der Waals surface area contributed by atoms with Gasteiger partial charge in [0.15, 0.2) is 5.96 Å². The summed E-state index contributed by atoms with van der Waals surface area (Å²) in [6, 6.07) is 5.87. The summed E-state index contributed by atoms with van der Waals surface area (Å²) in [4.78, 5) is 8.78. The topological polar surface area (TPSA) is 58.5 Å². The second kappa shape index (κ2) is 9.93. The van der Waals surface area contributed by atoms with E-state index < -0.39 is 0 Å². The smallest absolute Gasteiger partial charge is 0.191 e. The molecule has 2 heterocycles. The molecule has 0 bridgehead atoms. The largest absolute Gasteiger partial charge is 0.376 e. The number of halogens is 1. The van der Waals surface area contributed by atoms with E-state index in [-0.39, 0.29) is 24.0 Å². The zero-order valence-electron chi connectivity index (χ0n) is 11.8. The van der Waals surface area contributed by atoms with E-state index in [1.807, 2.05) is 18.2 Å². The average Bonchev–Trinajstić information content (AvgIpc) is 2.96. The minimum Gasteiger partial charge on any atom is -0.376 e. The van der Waals surface area contributed by atoms with Crippen LogP contribution in [0.25, 0.3) is 0 Å². The highest BCUT2D eigenvalue weighted by Gasteiger charge is 2.15. The molecule has 1 aliphatic heterocycles. The third-order valence-corrected chi connectivity index (χ3v) is 2.99. The molecular formula is C14H23IN4O. The first kappa shape index (κ1) is 17.2.